The molecule has 0 aliphatic carbocycles. The van der Waals surface area contributed by atoms with Gasteiger partial charge in [-0.25, -0.2) is 0 Å². The van der Waals surface area contributed by atoms with Crippen molar-refractivity contribution in [2.24, 2.45) is 0 Å². The lowest BCUT2D eigenvalue weighted by Gasteiger charge is -2.17. The van der Waals surface area contributed by atoms with Gasteiger partial charge in [0.1, 0.15) is 0 Å². The molecule has 0 radical (unpaired) electrons. The number of aromatic nitrogens is 1. The summed E-state index contributed by atoms with van der Waals surface area (Å²) in [6.07, 6.45) is 3.08. The molecule has 0 spiro atoms. The van der Waals surface area contributed by atoms with Crippen molar-refractivity contribution in [3.63, 3.8) is 0 Å². The van der Waals surface area contributed by atoms with Crippen LogP contribution in [0.15, 0.2) is 53.3 Å². The number of aliphatic hydroxyl groups is 1. The van der Waals surface area contributed by atoms with Crippen LogP contribution in [0.4, 0.5) is 0 Å². The van der Waals surface area contributed by atoms with E-state index in [1.165, 1.54) is 0 Å². The maximum Gasteiger partial charge on any atom is 0.0914 e. The standard InChI is InChI=1S/C15H17BrN2O/c1-11(13-5-3-7-17-9-13)18-10-15(19)12-4-2-6-14(16)8-12/h2-9,11,15,18-19H,10H2,1H3/t11-,15?/m1/s1. The maximum absolute atomic E-state index is 10.1. The summed E-state index contributed by atoms with van der Waals surface area (Å²) in [6, 6.07) is 11.8. The van der Waals surface area contributed by atoms with E-state index in [9.17, 15) is 5.11 Å². The highest BCUT2D eigenvalue weighted by atomic mass is 79.9. The fourth-order valence-electron chi connectivity index (χ4n) is 1.87. The summed E-state index contributed by atoms with van der Waals surface area (Å²) in [6.45, 7) is 2.57. The lowest BCUT2D eigenvalue weighted by Crippen LogP contribution is -2.24. The van der Waals surface area contributed by atoms with Gasteiger partial charge in [-0.05, 0) is 36.2 Å². The second-order valence-corrected chi connectivity index (χ2v) is 5.40. The van der Waals surface area contributed by atoms with Gasteiger partial charge in [0.25, 0.3) is 0 Å². The SMILES string of the molecule is C[C@@H](NCC(O)c1cccc(Br)c1)c1cccnc1. The normalized spacial score (nSPS) is 14.1. The number of benzene rings is 1. The number of hydrogen-bond donors (Lipinski definition) is 2. The Labute approximate surface area is 121 Å². The molecule has 2 N–H and O–H groups in total. The van der Waals surface area contributed by atoms with Crippen LogP contribution in [0.3, 0.4) is 0 Å². The Bertz CT molecular complexity index is 519. The molecule has 0 bridgehead atoms. The summed E-state index contributed by atoms with van der Waals surface area (Å²) in [5, 5.41) is 13.5. The summed E-state index contributed by atoms with van der Waals surface area (Å²) in [7, 11) is 0. The van der Waals surface area contributed by atoms with Gasteiger partial charge in [-0.1, -0.05) is 34.1 Å². The molecule has 2 atom stereocenters. The van der Waals surface area contributed by atoms with E-state index < -0.39 is 6.10 Å². The molecule has 1 heterocycles. The van der Waals surface area contributed by atoms with E-state index in [0.29, 0.717) is 6.54 Å². The molecule has 2 aromatic rings. The monoisotopic (exact) mass is 320 g/mol. The van der Waals surface area contributed by atoms with E-state index in [0.717, 1.165) is 15.6 Å². The molecule has 1 aromatic carbocycles. The van der Waals surface area contributed by atoms with E-state index in [1.807, 2.05) is 42.6 Å². The average Bonchev–Trinajstić information content (AvgIpc) is 2.45. The minimum Gasteiger partial charge on any atom is -0.387 e. The Balaban J connectivity index is 1.92. The van der Waals surface area contributed by atoms with Crippen LogP contribution in [-0.4, -0.2) is 16.6 Å². The topological polar surface area (TPSA) is 45.1 Å². The number of nitrogens with one attached hydrogen (secondary N) is 1. The molecule has 0 aliphatic rings. The van der Waals surface area contributed by atoms with Crippen LogP contribution in [0, 0.1) is 0 Å². The van der Waals surface area contributed by atoms with Gasteiger partial charge in [-0.3, -0.25) is 4.98 Å². The molecule has 19 heavy (non-hydrogen) atoms. The van der Waals surface area contributed by atoms with Gasteiger partial charge in [0, 0.05) is 29.5 Å². The van der Waals surface area contributed by atoms with Crippen molar-refractivity contribution in [1.82, 2.24) is 10.3 Å². The van der Waals surface area contributed by atoms with Crippen molar-refractivity contribution < 1.29 is 5.11 Å². The summed E-state index contributed by atoms with van der Waals surface area (Å²) in [5.41, 5.74) is 2.02. The first-order valence-electron chi connectivity index (χ1n) is 6.23. The van der Waals surface area contributed by atoms with Crippen LogP contribution in [-0.2, 0) is 0 Å². The number of pyridine rings is 1. The van der Waals surface area contributed by atoms with Gasteiger partial charge >= 0.3 is 0 Å². The van der Waals surface area contributed by atoms with Crippen LogP contribution in [0.25, 0.3) is 0 Å². The molecule has 3 nitrogen and oxygen atoms in total. The minimum atomic E-state index is -0.517. The average molecular weight is 321 g/mol. The lowest BCUT2D eigenvalue weighted by molar-refractivity contribution is 0.170. The number of hydrogen-bond acceptors (Lipinski definition) is 3. The second kappa shape index (κ2) is 6.80. The lowest BCUT2D eigenvalue weighted by atomic mass is 10.1. The largest absolute Gasteiger partial charge is 0.387 e. The predicted molar refractivity (Wildman–Crippen MR) is 79.8 cm³/mol. The van der Waals surface area contributed by atoms with E-state index in [-0.39, 0.29) is 6.04 Å². The number of rotatable bonds is 5. The van der Waals surface area contributed by atoms with Crippen LogP contribution in [0.5, 0.6) is 0 Å². The molecular formula is C15H17BrN2O. The summed E-state index contributed by atoms with van der Waals surface area (Å²) >= 11 is 3.41. The van der Waals surface area contributed by atoms with Gasteiger partial charge in [-0.15, -0.1) is 0 Å². The third-order valence-corrected chi connectivity index (χ3v) is 3.53. The van der Waals surface area contributed by atoms with E-state index in [4.69, 9.17) is 0 Å². The van der Waals surface area contributed by atoms with E-state index in [2.05, 4.69) is 33.2 Å². The zero-order chi connectivity index (χ0) is 13.7. The van der Waals surface area contributed by atoms with Crippen molar-refractivity contribution in [1.29, 1.82) is 0 Å². The smallest absolute Gasteiger partial charge is 0.0914 e. The number of nitrogens with zero attached hydrogens (tertiary/aromatic N) is 1. The molecular weight excluding hydrogens is 304 g/mol. The molecule has 0 aliphatic heterocycles. The van der Waals surface area contributed by atoms with E-state index in [1.54, 1.807) is 6.20 Å². The van der Waals surface area contributed by atoms with Crippen LogP contribution in [0.1, 0.15) is 30.2 Å². The fourth-order valence-corrected chi connectivity index (χ4v) is 2.29. The first-order chi connectivity index (χ1) is 9.16. The summed E-state index contributed by atoms with van der Waals surface area (Å²) in [5.74, 6) is 0. The highest BCUT2D eigenvalue weighted by molar-refractivity contribution is 9.10. The van der Waals surface area contributed by atoms with Crippen molar-refractivity contribution in [3.05, 3.63) is 64.4 Å². The molecule has 0 fully saturated rings. The Kier molecular flexibility index (Phi) is 5.07. The number of halogens is 1. The van der Waals surface area contributed by atoms with Crippen LogP contribution < -0.4 is 5.32 Å². The Morgan fingerprint density at radius 2 is 2.05 bits per heavy atom. The predicted octanol–water partition coefficient (Wildman–Crippen LogP) is 3.23. The summed E-state index contributed by atoms with van der Waals surface area (Å²) < 4.78 is 0.976. The Morgan fingerprint density at radius 1 is 1.26 bits per heavy atom. The molecule has 2 rings (SSSR count). The highest BCUT2D eigenvalue weighted by Crippen LogP contribution is 2.18. The van der Waals surface area contributed by atoms with Crippen molar-refractivity contribution >= 4 is 15.9 Å². The summed E-state index contributed by atoms with van der Waals surface area (Å²) in [4.78, 5) is 4.09. The zero-order valence-corrected chi connectivity index (χ0v) is 12.3. The zero-order valence-electron chi connectivity index (χ0n) is 10.8. The van der Waals surface area contributed by atoms with Gasteiger partial charge in [0.2, 0.25) is 0 Å². The number of aliphatic hydroxyl groups excluding tert-OH is 1. The third-order valence-electron chi connectivity index (χ3n) is 3.04. The van der Waals surface area contributed by atoms with Crippen LogP contribution >= 0.6 is 15.9 Å². The first-order valence-corrected chi connectivity index (χ1v) is 7.03. The van der Waals surface area contributed by atoms with Crippen molar-refractivity contribution in [2.75, 3.05) is 6.54 Å². The first kappa shape index (κ1) is 14.2. The Hall–Kier alpha value is -1.23. The highest BCUT2D eigenvalue weighted by Gasteiger charge is 2.10. The molecule has 0 amide bonds. The quantitative estimate of drug-likeness (QED) is 0.889. The van der Waals surface area contributed by atoms with Gasteiger partial charge in [0.05, 0.1) is 6.10 Å². The van der Waals surface area contributed by atoms with Gasteiger partial charge in [0.15, 0.2) is 0 Å². The van der Waals surface area contributed by atoms with Gasteiger partial charge < -0.3 is 10.4 Å². The van der Waals surface area contributed by atoms with Crippen molar-refractivity contribution in [2.45, 2.75) is 19.1 Å². The minimum absolute atomic E-state index is 0.163. The molecule has 1 aromatic heterocycles. The second-order valence-electron chi connectivity index (χ2n) is 4.49. The third kappa shape index (κ3) is 4.13. The molecule has 1 unspecified atom stereocenters. The molecule has 4 heteroatoms. The fraction of sp³-hybridized carbons (Fsp3) is 0.267. The van der Waals surface area contributed by atoms with Crippen LogP contribution in [0.2, 0.25) is 0 Å². The molecule has 0 saturated heterocycles. The van der Waals surface area contributed by atoms with E-state index >= 15 is 0 Å². The van der Waals surface area contributed by atoms with Crippen molar-refractivity contribution in [3.8, 4) is 0 Å². The van der Waals surface area contributed by atoms with Gasteiger partial charge in [-0.2, -0.15) is 0 Å². The molecule has 100 valence electrons. The maximum atomic E-state index is 10.1. The Morgan fingerprint density at radius 3 is 2.74 bits per heavy atom. The molecule has 0 saturated carbocycles.